The van der Waals surface area contributed by atoms with Gasteiger partial charge in [-0.05, 0) is 0 Å². The molecule has 134 valence electrons. The van der Waals surface area contributed by atoms with Crippen molar-refractivity contribution in [3.8, 4) is 0 Å². The van der Waals surface area contributed by atoms with Crippen LogP contribution in [-0.4, -0.2) is 71.0 Å². The molecular formula is C14H18FNO8. The van der Waals surface area contributed by atoms with Crippen molar-refractivity contribution in [3.05, 3.63) is 22.8 Å². The average Bonchev–Trinajstić information content (AvgIpc) is 3.00. The highest BCUT2D eigenvalue weighted by atomic mass is 19.1. The van der Waals surface area contributed by atoms with Crippen molar-refractivity contribution in [3.63, 3.8) is 0 Å². The van der Waals surface area contributed by atoms with E-state index in [0.29, 0.717) is 0 Å². The van der Waals surface area contributed by atoms with E-state index in [9.17, 15) is 24.2 Å². The van der Waals surface area contributed by atoms with E-state index in [-0.39, 0.29) is 5.69 Å². The first-order valence-electron chi connectivity index (χ1n) is 6.97. The Balaban J connectivity index is 2.65. The molecule has 1 aliphatic heterocycles. The van der Waals surface area contributed by atoms with Crippen LogP contribution in [0.25, 0.3) is 0 Å². The number of aromatic nitrogens is 1. The molecule has 1 aromatic heterocycles. The minimum Gasteiger partial charge on any atom is -0.464 e. The monoisotopic (exact) mass is 347 g/mol. The van der Waals surface area contributed by atoms with Gasteiger partial charge in [0, 0.05) is 7.05 Å². The largest absolute Gasteiger partial charge is 0.464 e. The molecule has 10 heteroatoms. The highest BCUT2D eigenvalue weighted by Gasteiger charge is 2.47. The smallest absolute Gasteiger partial charge is 0.357 e. The van der Waals surface area contributed by atoms with Crippen molar-refractivity contribution < 1.29 is 43.5 Å². The summed E-state index contributed by atoms with van der Waals surface area (Å²) in [5.74, 6) is -3.16. The highest BCUT2D eigenvalue weighted by molar-refractivity contribution is 5.95. The Morgan fingerprint density at radius 3 is 2.17 bits per heavy atom. The number of rotatable bonds is 4. The van der Waals surface area contributed by atoms with Gasteiger partial charge in [-0.1, -0.05) is 0 Å². The van der Waals surface area contributed by atoms with E-state index in [4.69, 9.17) is 9.84 Å². The second-order valence-electron chi connectivity index (χ2n) is 5.23. The first kappa shape index (κ1) is 18.3. The van der Waals surface area contributed by atoms with Gasteiger partial charge < -0.3 is 34.1 Å². The number of halogens is 1. The Labute approximate surface area is 136 Å². The van der Waals surface area contributed by atoms with Crippen LogP contribution in [0.4, 0.5) is 4.39 Å². The summed E-state index contributed by atoms with van der Waals surface area (Å²) in [6.45, 7) is -0.624. The lowest BCUT2D eigenvalue weighted by Gasteiger charge is -2.15. The van der Waals surface area contributed by atoms with Crippen LogP contribution in [0.15, 0.2) is 0 Å². The lowest BCUT2D eigenvalue weighted by Crippen LogP contribution is -2.32. The van der Waals surface area contributed by atoms with Gasteiger partial charge in [-0.3, -0.25) is 0 Å². The molecule has 1 fully saturated rings. The highest BCUT2D eigenvalue weighted by Crippen LogP contribution is 2.38. The van der Waals surface area contributed by atoms with Crippen LogP contribution in [0.3, 0.4) is 0 Å². The lowest BCUT2D eigenvalue weighted by molar-refractivity contribution is -0.0240. The van der Waals surface area contributed by atoms with Crippen LogP contribution < -0.4 is 0 Å². The van der Waals surface area contributed by atoms with Crippen LogP contribution in [0, 0.1) is 5.82 Å². The van der Waals surface area contributed by atoms with Crippen LogP contribution in [0.1, 0.15) is 32.6 Å². The van der Waals surface area contributed by atoms with Gasteiger partial charge in [0.05, 0.1) is 26.4 Å². The Bertz CT molecular complexity index is 658. The third-order valence-corrected chi connectivity index (χ3v) is 3.95. The molecule has 3 N–H and O–H groups in total. The molecule has 0 spiro atoms. The zero-order chi connectivity index (χ0) is 18.2. The van der Waals surface area contributed by atoms with Crippen molar-refractivity contribution >= 4 is 11.9 Å². The minimum atomic E-state index is -1.62. The van der Waals surface area contributed by atoms with Gasteiger partial charge in [-0.15, -0.1) is 0 Å². The van der Waals surface area contributed by atoms with E-state index in [1.54, 1.807) is 0 Å². The van der Waals surface area contributed by atoms with E-state index < -0.39 is 60.0 Å². The predicted molar refractivity (Wildman–Crippen MR) is 74.8 cm³/mol. The fourth-order valence-electron chi connectivity index (χ4n) is 2.74. The van der Waals surface area contributed by atoms with Gasteiger partial charge in [0.25, 0.3) is 0 Å². The summed E-state index contributed by atoms with van der Waals surface area (Å²) < 4.78 is 30.1. The molecule has 1 saturated heterocycles. The molecule has 2 rings (SSSR count). The standard InChI is InChI=1S/C14H18FNO8/c1-16-8(13(20)22-2)6(7(15)9(16)14(21)23-3)12-11(19)10(18)5(4-17)24-12/h5,10-12,17-19H,4H2,1-3H3. The summed E-state index contributed by atoms with van der Waals surface area (Å²) in [6, 6.07) is 0. The number of aliphatic hydroxyl groups is 3. The molecule has 0 saturated carbocycles. The van der Waals surface area contributed by atoms with Gasteiger partial charge in [0.15, 0.2) is 11.5 Å². The molecule has 0 radical (unpaired) electrons. The van der Waals surface area contributed by atoms with E-state index in [0.717, 1.165) is 18.8 Å². The first-order valence-corrected chi connectivity index (χ1v) is 6.97. The normalized spacial score (nSPS) is 26.5. The number of hydrogen-bond donors (Lipinski definition) is 3. The first-order chi connectivity index (χ1) is 11.3. The summed E-state index contributed by atoms with van der Waals surface area (Å²) in [6.07, 6.45) is -5.76. The molecule has 0 aromatic carbocycles. The van der Waals surface area contributed by atoms with Crippen LogP contribution in [-0.2, 0) is 21.3 Å². The minimum absolute atomic E-state index is 0.370. The predicted octanol–water partition coefficient (Wildman–Crippen LogP) is -1.11. The Kier molecular flexibility index (Phi) is 5.23. The topological polar surface area (TPSA) is 127 Å². The summed E-state index contributed by atoms with van der Waals surface area (Å²) in [4.78, 5) is 23.8. The fourth-order valence-corrected chi connectivity index (χ4v) is 2.74. The number of ether oxygens (including phenoxy) is 3. The summed E-state index contributed by atoms with van der Waals surface area (Å²) in [5.41, 5.74) is -1.39. The SMILES string of the molecule is COC(=O)c1c(F)c(C2OC(CO)C(O)C2O)c(C(=O)OC)n1C. The third kappa shape index (κ3) is 2.67. The summed E-state index contributed by atoms with van der Waals surface area (Å²) in [7, 11) is 3.34. The van der Waals surface area contributed by atoms with E-state index in [2.05, 4.69) is 9.47 Å². The molecular weight excluding hydrogens is 329 g/mol. The second-order valence-corrected chi connectivity index (χ2v) is 5.23. The van der Waals surface area contributed by atoms with Crippen molar-refractivity contribution in [2.75, 3.05) is 20.8 Å². The molecule has 0 amide bonds. The Morgan fingerprint density at radius 1 is 1.17 bits per heavy atom. The zero-order valence-electron chi connectivity index (χ0n) is 13.2. The molecule has 24 heavy (non-hydrogen) atoms. The van der Waals surface area contributed by atoms with Gasteiger partial charge in [-0.2, -0.15) is 0 Å². The van der Waals surface area contributed by atoms with Crippen molar-refractivity contribution in [2.45, 2.75) is 24.4 Å². The summed E-state index contributed by atoms with van der Waals surface area (Å²) >= 11 is 0. The molecule has 0 aliphatic carbocycles. The Hall–Kier alpha value is -2.01. The molecule has 1 aromatic rings. The molecule has 9 nitrogen and oxygen atoms in total. The van der Waals surface area contributed by atoms with Crippen LogP contribution in [0.2, 0.25) is 0 Å². The fraction of sp³-hybridized carbons (Fsp3) is 0.571. The van der Waals surface area contributed by atoms with Crippen LogP contribution >= 0.6 is 0 Å². The van der Waals surface area contributed by atoms with Crippen molar-refractivity contribution in [1.82, 2.24) is 4.57 Å². The maximum absolute atomic E-state index is 14.8. The van der Waals surface area contributed by atoms with Crippen molar-refractivity contribution in [1.29, 1.82) is 0 Å². The van der Waals surface area contributed by atoms with E-state index in [1.165, 1.54) is 7.05 Å². The number of nitrogens with zero attached hydrogens (tertiary/aromatic N) is 1. The van der Waals surface area contributed by atoms with Gasteiger partial charge in [0.1, 0.15) is 30.1 Å². The van der Waals surface area contributed by atoms with Gasteiger partial charge in [-0.25, -0.2) is 14.0 Å². The second kappa shape index (κ2) is 6.85. The number of esters is 2. The average molecular weight is 347 g/mol. The zero-order valence-corrected chi connectivity index (χ0v) is 13.2. The molecule has 0 bridgehead atoms. The maximum atomic E-state index is 14.8. The number of methoxy groups -OCH3 is 2. The molecule has 1 aliphatic rings. The molecule has 4 atom stereocenters. The maximum Gasteiger partial charge on any atom is 0.357 e. The van der Waals surface area contributed by atoms with E-state index in [1.807, 2.05) is 0 Å². The number of carbonyl (C=O) groups is 2. The molecule has 4 unspecified atom stereocenters. The van der Waals surface area contributed by atoms with Gasteiger partial charge >= 0.3 is 11.9 Å². The van der Waals surface area contributed by atoms with Crippen molar-refractivity contribution in [2.24, 2.45) is 7.05 Å². The quantitative estimate of drug-likeness (QED) is 0.585. The third-order valence-electron chi connectivity index (χ3n) is 3.95. The molecule has 2 heterocycles. The number of aliphatic hydroxyl groups excluding tert-OH is 3. The Morgan fingerprint density at radius 2 is 1.71 bits per heavy atom. The lowest BCUT2D eigenvalue weighted by atomic mass is 10.0. The van der Waals surface area contributed by atoms with E-state index >= 15 is 0 Å². The van der Waals surface area contributed by atoms with Crippen LogP contribution in [0.5, 0.6) is 0 Å². The number of carbonyl (C=O) groups excluding carboxylic acids is 2. The number of hydrogen-bond acceptors (Lipinski definition) is 8. The summed E-state index contributed by atoms with van der Waals surface area (Å²) in [5, 5.41) is 29.0. The van der Waals surface area contributed by atoms with Gasteiger partial charge in [0.2, 0.25) is 0 Å².